The van der Waals surface area contributed by atoms with Gasteiger partial charge in [0.05, 0.1) is 12.2 Å². The van der Waals surface area contributed by atoms with Crippen molar-refractivity contribution in [2.75, 3.05) is 31.5 Å². The predicted molar refractivity (Wildman–Crippen MR) is 127 cm³/mol. The molecule has 34 heavy (non-hydrogen) atoms. The van der Waals surface area contributed by atoms with Gasteiger partial charge in [-0.3, -0.25) is 4.79 Å². The zero-order chi connectivity index (χ0) is 23.9. The number of urea groups is 1. The number of carbonyl (C=O) groups excluding carboxylic acids is 1. The Bertz CT molecular complexity index is 1210. The van der Waals surface area contributed by atoms with Gasteiger partial charge in [-0.2, -0.15) is 5.10 Å². The van der Waals surface area contributed by atoms with Crippen LogP contribution in [0.4, 0.5) is 19.3 Å². The molecule has 0 atom stereocenters. The number of anilines is 1. The molecule has 0 spiro atoms. The molecule has 0 radical (unpaired) electrons. The fourth-order valence-electron chi connectivity index (χ4n) is 3.98. The Morgan fingerprint density at radius 1 is 1.00 bits per heavy atom. The number of amides is 2. The first-order valence-electron chi connectivity index (χ1n) is 11.4. The molecule has 9 heteroatoms. The van der Waals surface area contributed by atoms with Crippen molar-refractivity contribution in [1.29, 1.82) is 0 Å². The van der Waals surface area contributed by atoms with Crippen molar-refractivity contribution in [2.24, 2.45) is 0 Å². The predicted octanol–water partition coefficient (Wildman–Crippen LogP) is 3.84. The minimum absolute atomic E-state index is 0.156. The first-order valence-corrected chi connectivity index (χ1v) is 11.4. The van der Waals surface area contributed by atoms with Crippen LogP contribution in [-0.2, 0) is 6.54 Å². The third kappa shape index (κ3) is 6.26. The molecule has 0 bridgehead atoms. The van der Waals surface area contributed by atoms with Crippen LogP contribution in [0.1, 0.15) is 24.8 Å². The van der Waals surface area contributed by atoms with Crippen molar-refractivity contribution in [1.82, 2.24) is 20.0 Å². The Hall–Kier alpha value is -3.59. The van der Waals surface area contributed by atoms with Crippen molar-refractivity contribution in [3.8, 4) is 11.3 Å². The van der Waals surface area contributed by atoms with E-state index < -0.39 is 11.6 Å². The number of benzene rings is 2. The van der Waals surface area contributed by atoms with Gasteiger partial charge in [0.1, 0.15) is 0 Å². The number of hydrogen-bond acceptors (Lipinski definition) is 4. The first kappa shape index (κ1) is 23.6. The molecule has 1 aliphatic rings. The molecule has 0 saturated carbocycles. The largest absolute Gasteiger partial charge is 0.338 e. The molecule has 1 aliphatic heterocycles. The average Bonchev–Trinajstić information content (AvgIpc) is 3.34. The maximum Gasteiger partial charge on any atom is 0.319 e. The first-order chi connectivity index (χ1) is 16.5. The summed E-state index contributed by atoms with van der Waals surface area (Å²) in [6.07, 6.45) is 3.40. The topological polar surface area (TPSA) is 79.3 Å². The maximum absolute atomic E-state index is 13.6. The summed E-state index contributed by atoms with van der Waals surface area (Å²) in [6, 6.07) is 13.1. The van der Waals surface area contributed by atoms with Crippen molar-refractivity contribution >= 4 is 11.7 Å². The molecular formula is C25H27F2N5O2. The van der Waals surface area contributed by atoms with Crippen molar-refractivity contribution in [2.45, 2.75) is 25.8 Å². The Balaban J connectivity index is 1.36. The fraction of sp³-hybridized carbons (Fsp3) is 0.320. The van der Waals surface area contributed by atoms with Gasteiger partial charge in [0.15, 0.2) is 11.6 Å². The lowest BCUT2D eigenvalue weighted by molar-refractivity contribution is 0.251. The van der Waals surface area contributed by atoms with Crippen molar-refractivity contribution in [3.63, 3.8) is 0 Å². The van der Waals surface area contributed by atoms with Gasteiger partial charge in [-0.25, -0.2) is 18.3 Å². The highest BCUT2D eigenvalue weighted by Crippen LogP contribution is 2.19. The quantitative estimate of drug-likeness (QED) is 0.494. The van der Waals surface area contributed by atoms with Crippen LogP contribution >= 0.6 is 0 Å². The van der Waals surface area contributed by atoms with Gasteiger partial charge >= 0.3 is 6.03 Å². The van der Waals surface area contributed by atoms with Gasteiger partial charge in [-0.15, -0.1) is 0 Å². The van der Waals surface area contributed by atoms with Gasteiger partial charge in [0.25, 0.3) is 5.56 Å². The SMILES string of the molecule is O=C(NCCCN1CCCC1)Nc1cccc(Cn2nc(-c3ccc(F)c(F)c3)ccc2=O)c1. The molecule has 1 aromatic heterocycles. The van der Waals surface area contributed by atoms with Gasteiger partial charge in [0, 0.05) is 23.9 Å². The number of likely N-dealkylation sites (tertiary alicyclic amines) is 1. The van der Waals surface area contributed by atoms with E-state index in [2.05, 4.69) is 20.6 Å². The molecule has 7 nitrogen and oxygen atoms in total. The molecular weight excluding hydrogens is 440 g/mol. The molecule has 1 fully saturated rings. The zero-order valence-corrected chi connectivity index (χ0v) is 18.8. The highest BCUT2D eigenvalue weighted by Gasteiger charge is 2.11. The average molecular weight is 468 g/mol. The van der Waals surface area contributed by atoms with E-state index in [-0.39, 0.29) is 18.1 Å². The number of rotatable bonds is 8. The lowest BCUT2D eigenvalue weighted by Gasteiger charge is -2.14. The molecule has 178 valence electrons. The van der Waals surface area contributed by atoms with E-state index in [9.17, 15) is 18.4 Å². The third-order valence-corrected chi connectivity index (χ3v) is 5.73. The molecule has 2 amide bonds. The second-order valence-electron chi connectivity index (χ2n) is 8.33. The summed E-state index contributed by atoms with van der Waals surface area (Å²) in [5, 5.41) is 9.97. The van der Waals surface area contributed by atoms with E-state index in [0.717, 1.165) is 43.8 Å². The maximum atomic E-state index is 13.6. The van der Waals surface area contributed by atoms with E-state index in [4.69, 9.17) is 0 Å². The zero-order valence-electron chi connectivity index (χ0n) is 18.8. The summed E-state index contributed by atoms with van der Waals surface area (Å²) < 4.78 is 28.1. The van der Waals surface area contributed by atoms with E-state index >= 15 is 0 Å². The lowest BCUT2D eigenvalue weighted by Crippen LogP contribution is -2.32. The molecule has 2 heterocycles. The Morgan fingerprint density at radius 2 is 1.82 bits per heavy atom. The summed E-state index contributed by atoms with van der Waals surface area (Å²) in [7, 11) is 0. The molecule has 0 unspecified atom stereocenters. The second kappa shape index (κ2) is 11.0. The van der Waals surface area contributed by atoms with Gasteiger partial charge in [0.2, 0.25) is 0 Å². The molecule has 3 aromatic rings. The van der Waals surface area contributed by atoms with Crippen LogP contribution < -0.4 is 16.2 Å². The van der Waals surface area contributed by atoms with Gasteiger partial charge in [-0.1, -0.05) is 12.1 Å². The number of carbonyl (C=O) groups is 1. The monoisotopic (exact) mass is 467 g/mol. The number of hydrogen-bond donors (Lipinski definition) is 2. The van der Waals surface area contributed by atoms with E-state index in [1.165, 1.54) is 35.7 Å². The summed E-state index contributed by atoms with van der Waals surface area (Å²) in [4.78, 5) is 26.9. The highest BCUT2D eigenvalue weighted by molar-refractivity contribution is 5.89. The van der Waals surface area contributed by atoms with Crippen LogP contribution in [0.2, 0.25) is 0 Å². The van der Waals surface area contributed by atoms with Crippen LogP contribution in [0, 0.1) is 11.6 Å². The van der Waals surface area contributed by atoms with Crippen LogP contribution in [0.25, 0.3) is 11.3 Å². The standard InChI is InChI=1S/C25H27F2N5O2/c26-21-8-7-19(16-22(21)27)23-9-10-24(33)32(30-23)17-18-5-3-6-20(15-18)29-25(34)28-11-4-14-31-12-1-2-13-31/h3,5-10,15-16H,1-2,4,11-14,17H2,(H2,28,29,34). The molecule has 0 aliphatic carbocycles. The van der Waals surface area contributed by atoms with Crippen molar-refractivity contribution < 1.29 is 13.6 Å². The number of aromatic nitrogens is 2. The van der Waals surface area contributed by atoms with Crippen LogP contribution in [0.15, 0.2) is 59.4 Å². The molecule has 1 saturated heterocycles. The second-order valence-corrected chi connectivity index (χ2v) is 8.33. The Labute approximate surface area is 196 Å². The van der Waals surface area contributed by atoms with E-state index in [1.54, 1.807) is 18.2 Å². The minimum atomic E-state index is -0.981. The van der Waals surface area contributed by atoms with Crippen LogP contribution in [0.5, 0.6) is 0 Å². The lowest BCUT2D eigenvalue weighted by atomic mass is 10.1. The summed E-state index contributed by atoms with van der Waals surface area (Å²) >= 11 is 0. The van der Waals surface area contributed by atoms with Gasteiger partial charge < -0.3 is 15.5 Å². The summed E-state index contributed by atoms with van der Waals surface area (Å²) in [5.41, 5.74) is 1.73. The minimum Gasteiger partial charge on any atom is -0.338 e. The number of nitrogens with zero attached hydrogens (tertiary/aromatic N) is 3. The van der Waals surface area contributed by atoms with Crippen molar-refractivity contribution in [3.05, 3.63) is 82.1 Å². The van der Waals surface area contributed by atoms with Crippen LogP contribution in [0.3, 0.4) is 0 Å². The van der Waals surface area contributed by atoms with Gasteiger partial charge in [-0.05, 0) is 80.9 Å². The number of halogens is 2. The van der Waals surface area contributed by atoms with E-state index in [1.807, 2.05) is 6.07 Å². The van der Waals surface area contributed by atoms with E-state index in [0.29, 0.717) is 23.5 Å². The Kier molecular flexibility index (Phi) is 7.64. The normalized spacial score (nSPS) is 13.7. The highest BCUT2D eigenvalue weighted by atomic mass is 19.2. The fourth-order valence-corrected chi connectivity index (χ4v) is 3.98. The molecule has 4 rings (SSSR count). The smallest absolute Gasteiger partial charge is 0.319 e. The number of nitrogens with one attached hydrogen (secondary N) is 2. The third-order valence-electron chi connectivity index (χ3n) is 5.73. The summed E-state index contributed by atoms with van der Waals surface area (Å²) in [6.45, 7) is 4.02. The molecule has 2 aromatic carbocycles. The molecule has 2 N–H and O–H groups in total. The summed E-state index contributed by atoms with van der Waals surface area (Å²) in [5.74, 6) is -1.93. The Morgan fingerprint density at radius 3 is 2.62 bits per heavy atom. The van der Waals surface area contributed by atoms with Crippen LogP contribution in [-0.4, -0.2) is 46.9 Å².